The summed E-state index contributed by atoms with van der Waals surface area (Å²) in [5.74, 6) is -0.154. The van der Waals surface area contributed by atoms with Gasteiger partial charge in [0.2, 0.25) is 0 Å². The van der Waals surface area contributed by atoms with Crippen LogP contribution in [0.1, 0.15) is 23.8 Å². The fraction of sp³-hybridized carbons (Fsp3) is 0.455. The first kappa shape index (κ1) is 15.1. The lowest BCUT2D eigenvalue weighted by molar-refractivity contribution is 0.0910. The lowest BCUT2D eigenvalue weighted by Crippen LogP contribution is -2.51. The molecule has 1 N–H and O–H groups in total. The second kappa shape index (κ2) is 6.85. The van der Waals surface area contributed by atoms with E-state index in [1.54, 1.807) is 18.3 Å². The molecular weight excluding hydrogens is 416 g/mol. The molecule has 94 valence electrons. The first-order chi connectivity index (χ1) is 8.06. The van der Waals surface area contributed by atoms with Crippen LogP contribution in [0, 0.1) is 0 Å². The number of pyridine rings is 1. The molecule has 1 aromatic rings. The van der Waals surface area contributed by atoms with Crippen molar-refractivity contribution in [3.63, 3.8) is 0 Å². The molecule has 0 aliphatic carbocycles. The van der Waals surface area contributed by atoms with E-state index >= 15 is 0 Å². The van der Waals surface area contributed by atoms with E-state index < -0.39 is 0 Å². The molecule has 0 saturated carbocycles. The zero-order chi connectivity index (χ0) is 12.9. The number of carbonyl (C=O) groups excluding carboxylic acids is 1. The third kappa shape index (κ3) is 4.03. The van der Waals surface area contributed by atoms with E-state index in [0.29, 0.717) is 16.4 Å². The molecule has 0 aliphatic rings. The Kier molecular flexibility index (Phi) is 6.09. The van der Waals surface area contributed by atoms with Gasteiger partial charge in [0.15, 0.2) is 0 Å². The summed E-state index contributed by atoms with van der Waals surface area (Å²) in [6, 6.07) is 3.50. The maximum Gasteiger partial charge on any atom is 0.270 e. The first-order valence-corrected chi connectivity index (χ1v) is 8.16. The highest BCUT2D eigenvalue weighted by molar-refractivity contribution is 9.10. The molecule has 0 bridgehead atoms. The SMILES string of the molecule is CCC(CBr)(CBr)NC(=O)c1ccc(Br)cn1. The molecule has 0 unspecified atom stereocenters. The monoisotopic (exact) mass is 426 g/mol. The minimum Gasteiger partial charge on any atom is -0.344 e. The van der Waals surface area contributed by atoms with Crippen LogP contribution in [0.4, 0.5) is 0 Å². The van der Waals surface area contributed by atoms with Crippen molar-refractivity contribution in [2.24, 2.45) is 0 Å². The van der Waals surface area contributed by atoms with Crippen LogP contribution in [0.5, 0.6) is 0 Å². The number of nitrogens with one attached hydrogen (secondary N) is 1. The molecule has 0 fully saturated rings. The standard InChI is InChI=1S/C11H13Br3N2O/c1-2-11(6-12,7-13)16-10(17)9-4-3-8(14)5-15-9/h3-5H,2,6-7H2,1H3,(H,16,17). The molecule has 0 saturated heterocycles. The highest BCUT2D eigenvalue weighted by Crippen LogP contribution is 2.17. The summed E-state index contributed by atoms with van der Waals surface area (Å²) >= 11 is 10.2. The van der Waals surface area contributed by atoms with E-state index in [2.05, 4.69) is 58.1 Å². The molecule has 0 aromatic carbocycles. The Balaban J connectivity index is 2.81. The Morgan fingerprint density at radius 1 is 1.41 bits per heavy atom. The Labute approximate surface area is 126 Å². The number of aromatic nitrogens is 1. The number of halogens is 3. The average Bonchev–Trinajstić information content (AvgIpc) is 2.37. The van der Waals surface area contributed by atoms with Crippen LogP contribution in [0.2, 0.25) is 0 Å². The summed E-state index contributed by atoms with van der Waals surface area (Å²) in [7, 11) is 0. The summed E-state index contributed by atoms with van der Waals surface area (Å²) in [6.07, 6.45) is 2.45. The molecule has 1 aromatic heterocycles. The van der Waals surface area contributed by atoms with Crippen molar-refractivity contribution in [2.75, 3.05) is 10.7 Å². The van der Waals surface area contributed by atoms with Crippen LogP contribution in [-0.4, -0.2) is 27.1 Å². The zero-order valence-corrected chi connectivity index (χ0v) is 14.1. The largest absolute Gasteiger partial charge is 0.344 e. The van der Waals surface area contributed by atoms with Gasteiger partial charge in [0.1, 0.15) is 5.69 Å². The van der Waals surface area contributed by atoms with E-state index in [0.717, 1.165) is 10.9 Å². The predicted octanol–water partition coefficient (Wildman–Crippen LogP) is 3.51. The highest BCUT2D eigenvalue weighted by Gasteiger charge is 2.28. The van der Waals surface area contributed by atoms with Crippen molar-refractivity contribution in [2.45, 2.75) is 18.9 Å². The van der Waals surface area contributed by atoms with Crippen LogP contribution in [-0.2, 0) is 0 Å². The normalized spacial score (nSPS) is 11.3. The molecule has 1 rings (SSSR count). The molecule has 6 heteroatoms. The molecule has 3 nitrogen and oxygen atoms in total. The van der Waals surface area contributed by atoms with Gasteiger partial charge in [0.25, 0.3) is 5.91 Å². The first-order valence-electron chi connectivity index (χ1n) is 5.13. The summed E-state index contributed by atoms with van der Waals surface area (Å²) < 4.78 is 0.858. The summed E-state index contributed by atoms with van der Waals surface area (Å²) in [4.78, 5) is 16.1. The summed E-state index contributed by atoms with van der Waals surface area (Å²) in [6.45, 7) is 2.04. The van der Waals surface area contributed by atoms with E-state index in [9.17, 15) is 4.79 Å². The quantitative estimate of drug-likeness (QED) is 0.729. The molecule has 0 spiro atoms. The second-order valence-electron chi connectivity index (χ2n) is 3.72. The lowest BCUT2D eigenvalue weighted by atomic mass is 10.0. The van der Waals surface area contributed by atoms with Gasteiger partial charge in [-0.15, -0.1) is 0 Å². The topological polar surface area (TPSA) is 42.0 Å². The van der Waals surface area contributed by atoms with Crippen LogP contribution < -0.4 is 5.32 Å². The van der Waals surface area contributed by atoms with Crippen molar-refractivity contribution < 1.29 is 4.79 Å². The van der Waals surface area contributed by atoms with Crippen molar-refractivity contribution in [1.29, 1.82) is 0 Å². The Bertz CT molecular complexity index is 369. The van der Waals surface area contributed by atoms with Gasteiger partial charge >= 0.3 is 0 Å². The van der Waals surface area contributed by atoms with E-state index in [1.807, 2.05) is 6.92 Å². The summed E-state index contributed by atoms with van der Waals surface area (Å²) in [5.41, 5.74) is 0.152. The number of amides is 1. The smallest absolute Gasteiger partial charge is 0.270 e. The average molecular weight is 429 g/mol. The number of rotatable bonds is 5. The Morgan fingerprint density at radius 2 is 2.06 bits per heavy atom. The molecule has 1 heterocycles. The van der Waals surface area contributed by atoms with Crippen molar-refractivity contribution in [3.8, 4) is 0 Å². The predicted molar refractivity (Wildman–Crippen MR) is 80.0 cm³/mol. The maximum atomic E-state index is 12.0. The number of carbonyl (C=O) groups is 1. The van der Waals surface area contributed by atoms with Crippen LogP contribution in [0.15, 0.2) is 22.8 Å². The molecule has 0 atom stereocenters. The van der Waals surface area contributed by atoms with Gasteiger partial charge in [-0.3, -0.25) is 4.79 Å². The number of hydrogen-bond acceptors (Lipinski definition) is 2. The van der Waals surface area contributed by atoms with E-state index in [-0.39, 0.29) is 11.4 Å². The lowest BCUT2D eigenvalue weighted by Gasteiger charge is -2.29. The van der Waals surface area contributed by atoms with Gasteiger partial charge in [-0.05, 0) is 34.5 Å². The third-order valence-electron chi connectivity index (χ3n) is 2.53. The fourth-order valence-electron chi connectivity index (χ4n) is 1.19. The minimum absolute atomic E-state index is 0.154. The second-order valence-corrected chi connectivity index (χ2v) is 5.75. The molecule has 0 aliphatic heterocycles. The van der Waals surface area contributed by atoms with E-state index in [4.69, 9.17) is 0 Å². The van der Waals surface area contributed by atoms with Crippen LogP contribution >= 0.6 is 47.8 Å². The molecule has 1 amide bonds. The highest BCUT2D eigenvalue weighted by atomic mass is 79.9. The van der Waals surface area contributed by atoms with Gasteiger partial charge in [0.05, 0.1) is 5.54 Å². The maximum absolute atomic E-state index is 12.0. The summed E-state index contributed by atoms with van der Waals surface area (Å²) in [5, 5.41) is 4.40. The third-order valence-corrected chi connectivity index (χ3v) is 5.14. The minimum atomic E-state index is -0.272. The molecular formula is C11H13Br3N2O. The van der Waals surface area contributed by atoms with Gasteiger partial charge in [-0.25, -0.2) is 4.98 Å². The van der Waals surface area contributed by atoms with Gasteiger partial charge in [-0.1, -0.05) is 38.8 Å². The van der Waals surface area contributed by atoms with Crippen molar-refractivity contribution in [1.82, 2.24) is 10.3 Å². The zero-order valence-electron chi connectivity index (χ0n) is 9.34. The van der Waals surface area contributed by atoms with E-state index in [1.165, 1.54) is 0 Å². The Hall–Kier alpha value is 0.0600. The van der Waals surface area contributed by atoms with Crippen molar-refractivity contribution >= 4 is 53.7 Å². The van der Waals surface area contributed by atoms with Crippen LogP contribution in [0.3, 0.4) is 0 Å². The van der Waals surface area contributed by atoms with Crippen LogP contribution in [0.25, 0.3) is 0 Å². The fourth-order valence-corrected chi connectivity index (χ4v) is 3.43. The number of alkyl halides is 2. The van der Waals surface area contributed by atoms with Gasteiger partial charge < -0.3 is 5.32 Å². The van der Waals surface area contributed by atoms with Crippen molar-refractivity contribution in [3.05, 3.63) is 28.5 Å². The molecule has 0 radical (unpaired) electrons. The number of nitrogens with zero attached hydrogens (tertiary/aromatic N) is 1. The van der Waals surface area contributed by atoms with Gasteiger partial charge in [-0.2, -0.15) is 0 Å². The Morgan fingerprint density at radius 3 is 2.47 bits per heavy atom. The number of hydrogen-bond donors (Lipinski definition) is 1. The molecule has 17 heavy (non-hydrogen) atoms. The van der Waals surface area contributed by atoms with Gasteiger partial charge in [0, 0.05) is 21.3 Å².